The van der Waals surface area contributed by atoms with E-state index in [9.17, 15) is 29.1 Å². The van der Waals surface area contributed by atoms with Crippen LogP contribution >= 0.6 is 23.2 Å². The number of halogens is 2. The third-order valence-electron chi connectivity index (χ3n) is 5.29. The first-order valence-electron chi connectivity index (χ1n) is 11.1. The molecular weight excluding hydrogens is 516 g/mol. The molecule has 0 aliphatic carbocycles. The van der Waals surface area contributed by atoms with E-state index in [1.807, 2.05) is 13.8 Å². The summed E-state index contributed by atoms with van der Waals surface area (Å²) >= 11 is 11.9. The maximum absolute atomic E-state index is 12.7. The Kier molecular flexibility index (Phi) is 10.1. The summed E-state index contributed by atoms with van der Waals surface area (Å²) in [6.07, 6.45) is -1.04. The molecule has 1 fully saturated rings. The second-order valence-electron chi connectivity index (χ2n) is 9.03. The Morgan fingerprint density at radius 2 is 1.83 bits per heavy atom. The highest BCUT2D eigenvalue weighted by Crippen LogP contribution is 2.33. The Bertz CT molecular complexity index is 1040. The van der Waals surface area contributed by atoms with Gasteiger partial charge in [0.2, 0.25) is 11.8 Å². The van der Waals surface area contributed by atoms with E-state index >= 15 is 0 Å². The quantitative estimate of drug-likeness (QED) is 0.355. The maximum Gasteiger partial charge on any atom is 0.552 e. The van der Waals surface area contributed by atoms with Gasteiger partial charge in [0.15, 0.2) is 5.60 Å². The number of hydrogen-bond donors (Lipinski definition) is 3. The molecule has 196 valence electrons. The standard InChI is InChI=1S/C22H28BCl2N3O8/c1-12(2)7-16(27-17(29)11-26-20(33)14-8-13(24)5-6-15(14)25)23-35-21(34)22(36-23,10-19(31)32)9-18(30)28(3)4/h5-6,8,12,16H,7,9-11H2,1-4H3,(H,26,33)(H,27,29)(H,31,32)/t16-,22+/m0/s1. The molecule has 1 aromatic rings. The molecule has 1 saturated heterocycles. The first kappa shape index (κ1) is 29.4. The second kappa shape index (κ2) is 12.4. The summed E-state index contributed by atoms with van der Waals surface area (Å²) in [4.78, 5) is 62.7. The van der Waals surface area contributed by atoms with Crippen LogP contribution in [0.4, 0.5) is 0 Å². The molecule has 0 saturated carbocycles. The third kappa shape index (κ3) is 7.84. The summed E-state index contributed by atoms with van der Waals surface area (Å²) in [5.74, 6) is -4.99. The van der Waals surface area contributed by atoms with Gasteiger partial charge < -0.3 is 29.9 Å². The molecule has 0 spiro atoms. The summed E-state index contributed by atoms with van der Waals surface area (Å²) in [6, 6.07) is 4.33. The predicted molar refractivity (Wildman–Crippen MR) is 131 cm³/mol. The topological polar surface area (TPSA) is 151 Å². The Balaban J connectivity index is 2.14. The van der Waals surface area contributed by atoms with Gasteiger partial charge >= 0.3 is 19.1 Å². The van der Waals surface area contributed by atoms with Crippen molar-refractivity contribution in [2.24, 2.45) is 5.92 Å². The van der Waals surface area contributed by atoms with Gasteiger partial charge in [0.05, 0.1) is 35.9 Å². The summed E-state index contributed by atoms with van der Waals surface area (Å²) in [5, 5.41) is 14.9. The van der Waals surface area contributed by atoms with Gasteiger partial charge in [-0.05, 0) is 30.5 Å². The molecule has 0 aromatic heterocycles. The molecule has 2 rings (SSSR count). The van der Waals surface area contributed by atoms with Crippen LogP contribution in [0.5, 0.6) is 0 Å². The van der Waals surface area contributed by atoms with Crippen LogP contribution in [0.25, 0.3) is 0 Å². The lowest BCUT2D eigenvalue weighted by atomic mass is 9.74. The fourth-order valence-corrected chi connectivity index (χ4v) is 3.92. The van der Waals surface area contributed by atoms with Crippen molar-refractivity contribution >= 4 is 60.0 Å². The van der Waals surface area contributed by atoms with Gasteiger partial charge in [0, 0.05) is 19.1 Å². The molecule has 0 bridgehead atoms. The SMILES string of the molecule is CC(C)C[C@H](NC(=O)CNC(=O)c1cc(Cl)ccc1Cl)B1OC(=O)[C@](CC(=O)O)(CC(=O)N(C)C)O1. The van der Waals surface area contributed by atoms with E-state index in [-0.39, 0.29) is 16.5 Å². The number of amides is 3. The van der Waals surface area contributed by atoms with Gasteiger partial charge in [-0.15, -0.1) is 0 Å². The van der Waals surface area contributed by atoms with Crippen LogP contribution in [0.15, 0.2) is 18.2 Å². The van der Waals surface area contributed by atoms with Crippen LogP contribution in [-0.4, -0.2) is 79.0 Å². The molecule has 0 unspecified atom stereocenters. The monoisotopic (exact) mass is 543 g/mol. The molecule has 1 aromatic carbocycles. The van der Waals surface area contributed by atoms with Gasteiger partial charge in [-0.1, -0.05) is 37.0 Å². The fraction of sp³-hybridized carbons (Fsp3) is 0.500. The minimum absolute atomic E-state index is 0.00958. The summed E-state index contributed by atoms with van der Waals surface area (Å²) in [6.45, 7) is 3.29. The Hall–Kier alpha value is -2.83. The van der Waals surface area contributed by atoms with Crippen LogP contribution in [-0.2, 0) is 28.5 Å². The first-order valence-corrected chi connectivity index (χ1v) is 11.8. The number of rotatable bonds is 11. The molecule has 0 radical (unpaired) electrons. The predicted octanol–water partition coefficient (Wildman–Crippen LogP) is 1.55. The smallest absolute Gasteiger partial charge is 0.506 e. The number of carbonyl (C=O) groups is 5. The highest BCUT2D eigenvalue weighted by molar-refractivity contribution is 6.51. The highest BCUT2D eigenvalue weighted by atomic mass is 35.5. The van der Waals surface area contributed by atoms with Crippen molar-refractivity contribution in [1.29, 1.82) is 0 Å². The zero-order valence-electron chi connectivity index (χ0n) is 20.3. The molecule has 14 heteroatoms. The number of carbonyl (C=O) groups excluding carboxylic acids is 4. The summed E-state index contributed by atoms with van der Waals surface area (Å²) < 4.78 is 11.1. The molecular formula is C22H28BCl2N3O8. The van der Waals surface area contributed by atoms with E-state index in [1.54, 1.807) is 0 Å². The van der Waals surface area contributed by atoms with E-state index in [0.717, 1.165) is 0 Å². The molecule has 2 atom stereocenters. The number of carboxylic acid groups (broad SMARTS) is 1. The van der Waals surface area contributed by atoms with Gasteiger partial charge in [0.1, 0.15) is 0 Å². The lowest BCUT2D eigenvalue weighted by molar-refractivity contribution is -0.155. The van der Waals surface area contributed by atoms with E-state index < -0.39 is 67.7 Å². The van der Waals surface area contributed by atoms with Crippen LogP contribution < -0.4 is 10.6 Å². The Morgan fingerprint density at radius 3 is 2.42 bits per heavy atom. The highest BCUT2D eigenvalue weighted by Gasteiger charge is 2.57. The van der Waals surface area contributed by atoms with Gasteiger partial charge in [-0.3, -0.25) is 24.0 Å². The van der Waals surface area contributed by atoms with Crippen LogP contribution in [0, 0.1) is 5.92 Å². The molecule has 11 nitrogen and oxygen atoms in total. The van der Waals surface area contributed by atoms with E-state index in [4.69, 9.17) is 32.5 Å². The van der Waals surface area contributed by atoms with Crippen molar-refractivity contribution in [1.82, 2.24) is 15.5 Å². The van der Waals surface area contributed by atoms with Crippen molar-refractivity contribution in [3.8, 4) is 0 Å². The zero-order chi connectivity index (χ0) is 27.2. The van der Waals surface area contributed by atoms with Crippen LogP contribution in [0.2, 0.25) is 10.0 Å². The number of benzene rings is 1. The maximum atomic E-state index is 12.7. The molecule has 36 heavy (non-hydrogen) atoms. The van der Waals surface area contributed by atoms with E-state index in [0.29, 0.717) is 11.4 Å². The van der Waals surface area contributed by atoms with Crippen molar-refractivity contribution in [2.75, 3.05) is 20.6 Å². The summed E-state index contributed by atoms with van der Waals surface area (Å²) in [7, 11) is 1.58. The van der Waals surface area contributed by atoms with Crippen molar-refractivity contribution < 1.29 is 38.4 Å². The van der Waals surface area contributed by atoms with Crippen molar-refractivity contribution in [2.45, 2.75) is 44.7 Å². The lowest BCUT2D eigenvalue weighted by Crippen LogP contribution is -2.52. The summed E-state index contributed by atoms with van der Waals surface area (Å²) in [5.41, 5.74) is -1.94. The largest absolute Gasteiger partial charge is 0.552 e. The van der Waals surface area contributed by atoms with Gasteiger partial charge in [0.25, 0.3) is 5.91 Å². The van der Waals surface area contributed by atoms with E-state index in [2.05, 4.69) is 10.6 Å². The van der Waals surface area contributed by atoms with Crippen molar-refractivity contribution in [3.05, 3.63) is 33.8 Å². The van der Waals surface area contributed by atoms with Gasteiger partial charge in [-0.25, -0.2) is 0 Å². The average molecular weight is 544 g/mol. The molecule has 1 aliphatic heterocycles. The van der Waals surface area contributed by atoms with Gasteiger partial charge in [-0.2, -0.15) is 0 Å². The normalized spacial score (nSPS) is 18.0. The number of carboxylic acids is 1. The number of nitrogens with one attached hydrogen (secondary N) is 2. The zero-order valence-corrected chi connectivity index (χ0v) is 21.8. The van der Waals surface area contributed by atoms with Crippen LogP contribution in [0.3, 0.4) is 0 Å². The minimum Gasteiger partial charge on any atom is -0.506 e. The number of nitrogens with zero attached hydrogens (tertiary/aromatic N) is 1. The first-order chi connectivity index (χ1) is 16.7. The molecule has 3 amide bonds. The average Bonchev–Trinajstić information content (AvgIpc) is 3.07. The number of aliphatic carboxylic acids is 1. The molecule has 1 heterocycles. The third-order valence-corrected chi connectivity index (χ3v) is 5.86. The lowest BCUT2D eigenvalue weighted by Gasteiger charge is -2.26. The van der Waals surface area contributed by atoms with Crippen molar-refractivity contribution in [3.63, 3.8) is 0 Å². The van der Waals surface area contributed by atoms with E-state index in [1.165, 1.54) is 37.2 Å². The second-order valence-corrected chi connectivity index (χ2v) is 9.88. The van der Waals surface area contributed by atoms with Crippen LogP contribution in [0.1, 0.15) is 43.5 Å². The number of hydrogen-bond acceptors (Lipinski definition) is 7. The fourth-order valence-electron chi connectivity index (χ4n) is 3.54. The molecule has 3 N–H and O–H groups in total. The molecule has 1 aliphatic rings. The Morgan fingerprint density at radius 1 is 1.17 bits per heavy atom. The Labute approximate surface area is 218 Å². The minimum atomic E-state index is -2.03.